The Labute approximate surface area is 101 Å². The standard InChI is InChI=1S/C13H17N3O/c1-13(9-17)6-2-3-12(13)16-11-5-4-10(7-14)15-8-11/h4-5,8,12,16-17H,2-3,6,9H2,1H3. The second kappa shape index (κ2) is 4.72. The Morgan fingerprint density at radius 2 is 2.47 bits per heavy atom. The summed E-state index contributed by atoms with van der Waals surface area (Å²) in [4.78, 5) is 4.03. The summed E-state index contributed by atoms with van der Waals surface area (Å²) >= 11 is 0. The molecule has 4 heteroatoms. The molecule has 2 rings (SSSR count). The van der Waals surface area contributed by atoms with Crippen molar-refractivity contribution in [3.8, 4) is 6.07 Å². The van der Waals surface area contributed by atoms with Crippen molar-refractivity contribution in [3.05, 3.63) is 24.0 Å². The molecule has 1 aromatic heterocycles. The summed E-state index contributed by atoms with van der Waals surface area (Å²) in [5.74, 6) is 0. The number of pyridine rings is 1. The van der Waals surface area contributed by atoms with E-state index < -0.39 is 0 Å². The Kier molecular flexibility index (Phi) is 3.30. The van der Waals surface area contributed by atoms with E-state index in [1.165, 1.54) is 0 Å². The first-order valence-electron chi connectivity index (χ1n) is 5.91. The first-order valence-corrected chi connectivity index (χ1v) is 5.91. The Bertz CT molecular complexity index is 423. The van der Waals surface area contributed by atoms with Crippen LogP contribution in [0.5, 0.6) is 0 Å². The van der Waals surface area contributed by atoms with Crippen LogP contribution >= 0.6 is 0 Å². The highest BCUT2D eigenvalue weighted by Gasteiger charge is 2.38. The minimum absolute atomic E-state index is 0.0477. The summed E-state index contributed by atoms with van der Waals surface area (Å²) in [5.41, 5.74) is 1.29. The maximum Gasteiger partial charge on any atom is 0.140 e. The van der Waals surface area contributed by atoms with Crippen molar-refractivity contribution in [2.75, 3.05) is 11.9 Å². The zero-order valence-corrected chi connectivity index (χ0v) is 9.98. The molecular weight excluding hydrogens is 214 g/mol. The average molecular weight is 231 g/mol. The Morgan fingerprint density at radius 1 is 1.65 bits per heavy atom. The van der Waals surface area contributed by atoms with Crippen LogP contribution in [0.15, 0.2) is 18.3 Å². The number of aliphatic hydroxyl groups is 1. The lowest BCUT2D eigenvalue weighted by Gasteiger charge is -2.30. The van der Waals surface area contributed by atoms with Crippen molar-refractivity contribution in [2.45, 2.75) is 32.2 Å². The van der Waals surface area contributed by atoms with E-state index in [1.54, 1.807) is 12.3 Å². The monoisotopic (exact) mass is 231 g/mol. The van der Waals surface area contributed by atoms with E-state index in [2.05, 4.69) is 17.2 Å². The lowest BCUT2D eigenvalue weighted by Crippen LogP contribution is -2.36. The molecule has 2 N–H and O–H groups in total. The molecule has 90 valence electrons. The van der Waals surface area contributed by atoms with Crippen molar-refractivity contribution in [2.24, 2.45) is 5.41 Å². The fourth-order valence-electron chi connectivity index (χ4n) is 2.41. The van der Waals surface area contributed by atoms with Gasteiger partial charge >= 0.3 is 0 Å². The van der Waals surface area contributed by atoms with E-state index in [9.17, 15) is 5.11 Å². The lowest BCUT2D eigenvalue weighted by atomic mass is 9.86. The number of rotatable bonds is 3. The zero-order chi connectivity index (χ0) is 12.3. The van der Waals surface area contributed by atoms with Crippen LogP contribution in [0.3, 0.4) is 0 Å². The number of hydrogen-bond donors (Lipinski definition) is 2. The Balaban J connectivity index is 2.08. The zero-order valence-electron chi connectivity index (χ0n) is 9.98. The van der Waals surface area contributed by atoms with Gasteiger partial charge in [0.15, 0.2) is 0 Å². The van der Waals surface area contributed by atoms with Gasteiger partial charge in [-0.3, -0.25) is 0 Å². The number of hydrogen-bond acceptors (Lipinski definition) is 4. The SMILES string of the molecule is CC1(CO)CCCC1Nc1ccc(C#N)nc1. The molecule has 0 radical (unpaired) electrons. The van der Waals surface area contributed by atoms with E-state index >= 15 is 0 Å². The predicted octanol–water partition coefficient (Wildman–Crippen LogP) is 1.92. The van der Waals surface area contributed by atoms with Gasteiger partial charge in [-0.05, 0) is 25.0 Å². The van der Waals surface area contributed by atoms with E-state index in [-0.39, 0.29) is 18.1 Å². The first-order chi connectivity index (χ1) is 8.18. The molecule has 1 aliphatic rings. The van der Waals surface area contributed by atoms with Crippen molar-refractivity contribution < 1.29 is 5.11 Å². The van der Waals surface area contributed by atoms with Crippen molar-refractivity contribution in [1.29, 1.82) is 5.26 Å². The summed E-state index contributed by atoms with van der Waals surface area (Å²) in [6.45, 7) is 2.31. The molecule has 2 atom stereocenters. The molecule has 1 heterocycles. The van der Waals surface area contributed by atoms with Crippen LogP contribution in [0.1, 0.15) is 31.9 Å². The fourth-order valence-corrected chi connectivity index (χ4v) is 2.41. The van der Waals surface area contributed by atoms with Crippen LogP contribution < -0.4 is 5.32 Å². The van der Waals surface area contributed by atoms with Gasteiger partial charge < -0.3 is 10.4 Å². The van der Waals surface area contributed by atoms with Crippen LogP contribution in [-0.2, 0) is 0 Å². The minimum Gasteiger partial charge on any atom is -0.396 e. The second-order valence-electron chi connectivity index (χ2n) is 4.95. The molecule has 0 aromatic carbocycles. The molecule has 0 spiro atoms. The van der Waals surface area contributed by atoms with Gasteiger partial charge in [0, 0.05) is 11.5 Å². The molecule has 2 unspecified atom stereocenters. The molecule has 4 nitrogen and oxygen atoms in total. The number of aliphatic hydroxyl groups excluding tert-OH is 1. The van der Waals surface area contributed by atoms with Gasteiger partial charge in [0.1, 0.15) is 11.8 Å². The maximum atomic E-state index is 9.46. The molecule has 0 aliphatic heterocycles. The van der Waals surface area contributed by atoms with E-state index in [1.807, 2.05) is 12.1 Å². The molecular formula is C13H17N3O. The van der Waals surface area contributed by atoms with E-state index in [0.29, 0.717) is 5.69 Å². The van der Waals surface area contributed by atoms with Crippen LogP contribution in [0.25, 0.3) is 0 Å². The van der Waals surface area contributed by atoms with Crippen LogP contribution in [0.2, 0.25) is 0 Å². The van der Waals surface area contributed by atoms with E-state index in [4.69, 9.17) is 5.26 Å². The van der Waals surface area contributed by atoms with Gasteiger partial charge in [-0.2, -0.15) is 5.26 Å². The summed E-state index contributed by atoms with van der Waals surface area (Å²) in [6, 6.07) is 5.84. The lowest BCUT2D eigenvalue weighted by molar-refractivity contribution is 0.139. The predicted molar refractivity (Wildman–Crippen MR) is 65.4 cm³/mol. The Hall–Kier alpha value is -1.60. The normalized spacial score (nSPS) is 27.7. The van der Waals surface area contributed by atoms with Crippen LogP contribution in [0.4, 0.5) is 5.69 Å². The van der Waals surface area contributed by atoms with Gasteiger partial charge in [-0.25, -0.2) is 4.98 Å². The third-order valence-corrected chi connectivity index (χ3v) is 3.66. The highest BCUT2D eigenvalue weighted by molar-refractivity contribution is 5.44. The largest absolute Gasteiger partial charge is 0.396 e. The number of aromatic nitrogens is 1. The number of nitrogens with zero attached hydrogens (tertiary/aromatic N) is 2. The third kappa shape index (κ3) is 2.40. The van der Waals surface area contributed by atoms with Gasteiger partial charge in [0.25, 0.3) is 0 Å². The quantitative estimate of drug-likeness (QED) is 0.833. The average Bonchev–Trinajstić information content (AvgIpc) is 2.73. The maximum absolute atomic E-state index is 9.46. The molecule has 1 fully saturated rings. The topological polar surface area (TPSA) is 68.9 Å². The minimum atomic E-state index is -0.0477. The van der Waals surface area contributed by atoms with Crippen LogP contribution in [-0.4, -0.2) is 22.7 Å². The molecule has 17 heavy (non-hydrogen) atoms. The molecule has 0 bridgehead atoms. The number of nitriles is 1. The Morgan fingerprint density at radius 3 is 3.06 bits per heavy atom. The van der Waals surface area contributed by atoms with Crippen molar-refractivity contribution in [1.82, 2.24) is 4.98 Å². The van der Waals surface area contributed by atoms with Gasteiger partial charge in [0.2, 0.25) is 0 Å². The van der Waals surface area contributed by atoms with Crippen LogP contribution in [0, 0.1) is 16.7 Å². The third-order valence-electron chi connectivity index (χ3n) is 3.66. The first kappa shape index (κ1) is 11.9. The highest BCUT2D eigenvalue weighted by Crippen LogP contribution is 2.39. The number of nitrogens with one attached hydrogen (secondary N) is 1. The summed E-state index contributed by atoms with van der Waals surface area (Å²) < 4.78 is 0. The molecule has 1 saturated carbocycles. The van der Waals surface area contributed by atoms with Crippen molar-refractivity contribution in [3.63, 3.8) is 0 Å². The molecule has 1 aromatic rings. The summed E-state index contributed by atoms with van der Waals surface area (Å²) in [6.07, 6.45) is 4.93. The second-order valence-corrected chi connectivity index (χ2v) is 4.95. The highest BCUT2D eigenvalue weighted by atomic mass is 16.3. The summed E-state index contributed by atoms with van der Waals surface area (Å²) in [7, 11) is 0. The van der Waals surface area contributed by atoms with Gasteiger partial charge in [0.05, 0.1) is 18.5 Å². The fraction of sp³-hybridized carbons (Fsp3) is 0.538. The summed E-state index contributed by atoms with van der Waals surface area (Å²) in [5, 5.41) is 21.5. The smallest absolute Gasteiger partial charge is 0.140 e. The molecule has 1 aliphatic carbocycles. The van der Waals surface area contributed by atoms with Gasteiger partial charge in [-0.15, -0.1) is 0 Å². The van der Waals surface area contributed by atoms with Gasteiger partial charge in [-0.1, -0.05) is 13.3 Å². The van der Waals surface area contributed by atoms with Crippen molar-refractivity contribution >= 4 is 5.69 Å². The molecule has 0 saturated heterocycles. The number of anilines is 1. The van der Waals surface area contributed by atoms with E-state index in [0.717, 1.165) is 24.9 Å². The molecule has 0 amide bonds.